The zero-order chi connectivity index (χ0) is 26.8. The second-order valence-corrected chi connectivity index (χ2v) is 9.03. The van der Waals surface area contributed by atoms with Gasteiger partial charge in [-0.3, -0.25) is 0 Å². The Morgan fingerprint density at radius 3 is 2.32 bits per heavy atom. The number of alkyl halides is 5. The standard InChI is InChI=1S/C24H19F7N6/c1-22(12-2-4-13(25)5-3-12)11-33-20-17(22)19(32)35-21(36-20)18-15-7-6-14(26)10-37(15)16(34-18)8-9-23(27,28)24(29,30)31/h2-7,10H,8-9,11H2,1H3,(H3,32,33,35,36). The molecule has 0 saturated carbocycles. The first-order chi connectivity index (χ1) is 17.3. The number of nitrogens with two attached hydrogens (primary N) is 1. The minimum Gasteiger partial charge on any atom is -0.383 e. The molecule has 1 unspecified atom stereocenters. The molecule has 3 aromatic heterocycles. The fourth-order valence-electron chi connectivity index (χ4n) is 4.54. The molecule has 0 aliphatic carbocycles. The number of aromatic nitrogens is 4. The number of fused-ring (bicyclic) bond motifs is 2. The summed E-state index contributed by atoms with van der Waals surface area (Å²) in [4.78, 5) is 13.0. The number of rotatable bonds is 5. The maximum atomic E-state index is 13.9. The quantitative estimate of drug-likeness (QED) is 0.337. The highest BCUT2D eigenvalue weighted by Gasteiger charge is 2.56. The molecule has 4 heterocycles. The summed E-state index contributed by atoms with van der Waals surface area (Å²) in [7, 11) is 0. The summed E-state index contributed by atoms with van der Waals surface area (Å²) in [6, 6.07) is 8.29. The molecule has 6 nitrogen and oxygen atoms in total. The van der Waals surface area contributed by atoms with E-state index in [-0.39, 0.29) is 28.7 Å². The number of halogens is 7. The normalized spacial score (nSPS) is 17.7. The molecular weight excluding hydrogens is 505 g/mol. The van der Waals surface area contributed by atoms with E-state index in [1.165, 1.54) is 18.2 Å². The van der Waals surface area contributed by atoms with Crippen LogP contribution in [0.15, 0.2) is 42.6 Å². The van der Waals surface area contributed by atoms with Gasteiger partial charge in [-0.25, -0.2) is 23.7 Å². The molecule has 0 amide bonds. The first-order valence-corrected chi connectivity index (χ1v) is 11.1. The molecule has 1 atom stereocenters. The van der Waals surface area contributed by atoms with Gasteiger partial charge < -0.3 is 15.5 Å². The van der Waals surface area contributed by atoms with Crippen LogP contribution in [-0.4, -0.2) is 38.0 Å². The van der Waals surface area contributed by atoms with Crippen molar-refractivity contribution in [1.82, 2.24) is 19.4 Å². The molecule has 0 bridgehead atoms. The summed E-state index contributed by atoms with van der Waals surface area (Å²) in [6.45, 7) is 2.25. The van der Waals surface area contributed by atoms with E-state index in [4.69, 9.17) is 5.73 Å². The second-order valence-electron chi connectivity index (χ2n) is 9.03. The first-order valence-electron chi connectivity index (χ1n) is 11.1. The van der Waals surface area contributed by atoms with Crippen LogP contribution in [0.2, 0.25) is 0 Å². The molecule has 37 heavy (non-hydrogen) atoms. The third-order valence-electron chi connectivity index (χ3n) is 6.54. The van der Waals surface area contributed by atoms with Crippen molar-refractivity contribution in [3.63, 3.8) is 0 Å². The van der Waals surface area contributed by atoms with E-state index in [1.807, 2.05) is 6.92 Å². The summed E-state index contributed by atoms with van der Waals surface area (Å²) in [6.07, 6.45) is -7.16. The third kappa shape index (κ3) is 4.11. The Balaban J connectivity index is 1.57. The zero-order valence-electron chi connectivity index (χ0n) is 19.2. The van der Waals surface area contributed by atoms with Gasteiger partial charge in [0, 0.05) is 36.6 Å². The average Bonchev–Trinajstić information content (AvgIpc) is 3.36. The number of pyridine rings is 1. The van der Waals surface area contributed by atoms with E-state index in [2.05, 4.69) is 20.3 Å². The number of imidazole rings is 1. The molecule has 194 valence electrons. The topological polar surface area (TPSA) is 81.1 Å². The number of nitrogens with one attached hydrogen (secondary N) is 1. The maximum absolute atomic E-state index is 13.9. The van der Waals surface area contributed by atoms with Crippen molar-refractivity contribution in [1.29, 1.82) is 0 Å². The van der Waals surface area contributed by atoms with E-state index in [0.717, 1.165) is 22.2 Å². The zero-order valence-corrected chi connectivity index (χ0v) is 19.2. The van der Waals surface area contributed by atoms with Crippen molar-refractivity contribution in [2.75, 3.05) is 17.6 Å². The Morgan fingerprint density at radius 2 is 1.65 bits per heavy atom. The van der Waals surface area contributed by atoms with Gasteiger partial charge in [0.25, 0.3) is 0 Å². The van der Waals surface area contributed by atoms with Gasteiger partial charge in [0.05, 0.1) is 5.52 Å². The van der Waals surface area contributed by atoms with Crippen LogP contribution in [0.25, 0.3) is 17.0 Å². The highest BCUT2D eigenvalue weighted by molar-refractivity contribution is 5.77. The van der Waals surface area contributed by atoms with Gasteiger partial charge in [-0.15, -0.1) is 0 Å². The number of aryl methyl sites for hydroxylation is 1. The Hall–Kier alpha value is -3.90. The van der Waals surface area contributed by atoms with Crippen molar-refractivity contribution in [3.05, 3.63) is 71.2 Å². The van der Waals surface area contributed by atoms with Crippen LogP contribution in [0.1, 0.15) is 30.3 Å². The lowest BCUT2D eigenvalue weighted by atomic mass is 9.78. The lowest BCUT2D eigenvalue weighted by Gasteiger charge is -2.25. The van der Waals surface area contributed by atoms with E-state index < -0.39 is 42.0 Å². The maximum Gasteiger partial charge on any atom is 0.453 e. The van der Waals surface area contributed by atoms with Gasteiger partial charge >= 0.3 is 12.1 Å². The highest BCUT2D eigenvalue weighted by atomic mass is 19.4. The van der Waals surface area contributed by atoms with Gasteiger partial charge in [-0.2, -0.15) is 22.0 Å². The molecular formula is C24H19F7N6. The number of nitrogens with zero attached hydrogens (tertiary/aromatic N) is 4. The van der Waals surface area contributed by atoms with Gasteiger partial charge in [-0.05, 0) is 36.8 Å². The van der Waals surface area contributed by atoms with Crippen molar-refractivity contribution in [2.24, 2.45) is 0 Å². The van der Waals surface area contributed by atoms with E-state index in [1.54, 1.807) is 12.1 Å². The number of anilines is 2. The number of hydrogen-bond acceptors (Lipinski definition) is 5. The largest absolute Gasteiger partial charge is 0.453 e. The van der Waals surface area contributed by atoms with Crippen LogP contribution in [-0.2, 0) is 11.8 Å². The molecule has 0 radical (unpaired) electrons. The van der Waals surface area contributed by atoms with Gasteiger partial charge in [0.2, 0.25) is 0 Å². The summed E-state index contributed by atoms with van der Waals surface area (Å²) in [5.74, 6) is -5.90. The molecule has 1 aromatic carbocycles. The summed E-state index contributed by atoms with van der Waals surface area (Å²) in [5.41, 5.74) is 7.17. The number of benzene rings is 1. The SMILES string of the molecule is CC1(c2ccc(F)cc2)CNc2nc(-c3nc(CCC(F)(F)C(F)(F)F)n4cc(F)ccc34)nc(N)c21. The summed E-state index contributed by atoms with van der Waals surface area (Å²) < 4.78 is 93.6. The van der Waals surface area contributed by atoms with Crippen LogP contribution in [0, 0.1) is 11.6 Å². The fraction of sp³-hybridized carbons (Fsp3) is 0.292. The summed E-state index contributed by atoms with van der Waals surface area (Å²) >= 11 is 0. The van der Waals surface area contributed by atoms with E-state index in [0.29, 0.717) is 17.9 Å². The summed E-state index contributed by atoms with van der Waals surface area (Å²) in [5, 5.41) is 3.14. The van der Waals surface area contributed by atoms with E-state index >= 15 is 0 Å². The molecule has 1 aliphatic rings. The van der Waals surface area contributed by atoms with Gasteiger partial charge in [-0.1, -0.05) is 12.1 Å². The monoisotopic (exact) mass is 524 g/mol. The Labute approximate surface area is 205 Å². The molecule has 0 spiro atoms. The fourth-order valence-corrected chi connectivity index (χ4v) is 4.54. The van der Waals surface area contributed by atoms with Crippen molar-refractivity contribution in [2.45, 2.75) is 37.3 Å². The minimum absolute atomic E-state index is 0.0231. The molecule has 0 saturated heterocycles. The van der Waals surface area contributed by atoms with Crippen LogP contribution >= 0.6 is 0 Å². The molecule has 13 heteroatoms. The van der Waals surface area contributed by atoms with Crippen molar-refractivity contribution in [3.8, 4) is 11.5 Å². The lowest BCUT2D eigenvalue weighted by Crippen LogP contribution is -2.36. The lowest BCUT2D eigenvalue weighted by molar-refractivity contribution is -0.284. The molecule has 5 rings (SSSR count). The average molecular weight is 524 g/mol. The number of nitrogen functional groups attached to an aromatic ring is 1. The van der Waals surface area contributed by atoms with Crippen LogP contribution < -0.4 is 11.1 Å². The minimum atomic E-state index is -5.73. The second kappa shape index (κ2) is 8.32. The van der Waals surface area contributed by atoms with Gasteiger partial charge in [0.15, 0.2) is 5.82 Å². The van der Waals surface area contributed by atoms with Crippen LogP contribution in [0.4, 0.5) is 42.4 Å². The van der Waals surface area contributed by atoms with E-state index in [9.17, 15) is 30.7 Å². The van der Waals surface area contributed by atoms with Crippen molar-refractivity contribution >= 4 is 17.2 Å². The Kier molecular flexibility index (Phi) is 5.57. The molecule has 4 aromatic rings. The first kappa shape index (κ1) is 24.8. The Morgan fingerprint density at radius 1 is 0.973 bits per heavy atom. The van der Waals surface area contributed by atoms with Crippen LogP contribution in [0.5, 0.6) is 0 Å². The third-order valence-corrected chi connectivity index (χ3v) is 6.54. The van der Waals surface area contributed by atoms with Crippen molar-refractivity contribution < 1.29 is 30.7 Å². The Bertz CT molecular complexity index is 1500. The predicted molar refractivity (Wildman–Crippen MR) is 121 cm³/mol. The smallest absolute Gasteiger partial charge is 0.383 e. The van der Waals surface area contributed by atoms with Crippen LogP contribution in [0.3, 0.4) is 0 Å². The molecule has 3 N–H and O–H groups in total. The highest BCUT2D eigenvalue weighted by Crippen LogP contribution is 2.44. The number of hydrogen-bond donors (Lipinski definition) is 2. The predicted octanol–water partition coefficient (Wildman–Crippen LogP) is 5.51. The molecule has 1 aliphatic heterocycles. The van der Waals surface area contributed by atoms with Gasteiger partial charge in [0.1, 0.15) is 34.8 Å². The molecule has 0 fully saturated rings.